The molecule has 0 fully saturated rings. The van der Waals surface area contributed by atoms with Crippen LogP contribution >= 0.6 is 0 Å². The molecule has 96 valence electrons. The smallest absolute Gasteiger partial charge is 0.00438 e. The Morgan fingerprint density at radius 3 is 1.67 bits per heavy atom. The van der Waals surface area contributed by atoms with Gasteiger partial charge in [0, 0.05) is 6.04 Å². The highest BCUT2D eigenvalue weighted by atomic mass is 14.6. The molecular formula is C14H35N. The van der Waals surface area contributed by atoms with Gasteiger partial charge in [0.1, 0.15) is 0 Å². The Balaban J connectivity index is -0.000000318. The normalized spacial score (nSPS) is 11.8. The molecule has 0 aromatic heterocycles. The molecule has 0 aromatic rings. The molecule has 0 radical (unpaired) electrons. The van der Waals surface area contributed by atoms with Crippen LogP contribution in [0.5, 0.6) is 0 Å². The number of rotatable bonds is 5. The van der Waals surface area contributed by atoms with Crippen LogP contribution in [0.4, 0.5) is 0 Å². The third kappa shape index (κ3) is 16.6. The third-order valence-corrected chi connectivity index (χ3v) is 2.43. The van der Waals surface area contributed by atoms with E-state index < -0.39 is 0 Å². The second kappa shape index (κ2) is 14.0. The van der Waals surface area contributed by atoms with Gasteiger partial charge in [0.15, 0.2) is 0 Å². The highest BCUT2D eigenvalue weighted by Gasteiger charge is 2.18. The molecule has 0 saturated carbocycles. The van der Waals surface area contributed by atoms with Gasteiger partial charge in [-0.15, -0.1) is 0 Å². The Kier molecular flexibility index (Phi) is 19.0. The van der Waals surface area contributed by atoms with E-state index in [1.807, 2.05) is 27.7 Å². The maximum absolute atomic E-state index is 5.95. The average molecular weight is 217 g/mol. The molecule has 1 atom stereocenters. The van der Waals surface area contributed by atoms with Crippen molar-refractivity contribution in [2.75, 3.05) is 0 Å². The number of hydrogen-bond donors (Lipinski definition) is 1. The summed E-state index contributed by atoms with van der Waals surface area (Å²) in [7, 11) is 0. The van der Waals surface area contributed by atoms with Crippen molar-refractivity contribution in [2.24, 2.45) is 11.1 Å². The summed E-state index contributed by atoms with van der Waals surface area (Å²) in [5.74, 6) is 0. The molecule has 0 amide bonds. The maximum Gasteiger partial charge on any atom is 0.00438 e. The lowest BCUT2D eigenvalue weighted by Crippen LogP contribution is -2.27. The molecule has 0 spiro atoms. The summed E-state index contributed by atoms with van der Waals surface area (Å²) < 4.78 is 0. The topological polar surface area (TPSA) is 26.0 Å². The molecule has 0 bridgehead atoms. The lowest BCUT2D eigenvalue weighted by atomic mass is 9.82. The molecule has 0 aromatic carbocycles. The van der Waals surface area contributed by atoms with Gasteiger partial charge in [0.2, 0.25) is 0 Å². The van der Waals surface area contributed by atoms with Crippen molar-refractivity contribution in [2.45, 2.75) is 87.1 Å². The van der Waals surface area contributed by atoms with Crippen molar-refractivity contribution < 1.29 is 0 Å². The molecule has 1 heteroatoms. The van der Waals surface area contributed by atoms with Crippen LogP contribution in [-0.2, 0) is 0 Å². The molecule has 1 nitrogen and oxygen atoms in total. The largest absolute Gasteiger partial charge is 0.328 e. The van der Waals surface area contributed by atoms with Gasteiger partial charge in [-0.25, -0.2) is 0 Å². The van der Waals surface area contributed by atoms with Crippen LogP contribution in [0.1, 0.15) is 81.1 Å². The van der Waals surface area contributed by atoms with Crippen molar-refractivity contribution in [1.82, 2.24) is 0 Å². The monoisotopic (exact) mass is 217 g/mol. The maximum atomic E-state index is 5.95. The van der Waals surface area contributed by atoms with Gasteiger partial charge in [-0.2, -0.15) is 0 Å². The summed E-state index contributed by atoms with van der Waals surface area (Å²) in [6.45, 7) is 17.0. The summed E-state index contributed by atoms with van der Waals surface area (Å²) in [4.78, 5) is 0. The first kappa shape index (κ1) is 20.4. The molecule has 2 N–H and O–H groups in total. The molecule has 0 rings (SSSR count). The lowest BCUT2D eigenvalue weighted by Gasteiger charge is -2.26. The van der Waals surface area contributed by atoms with E-state index in [-0.39, 0.29) is 0 Å². The van der Waals surface area contributed by atoms with Gasteiger partial charge in [-0.3, -0.25) is 0 Å². The fraction of sp³-hybridized carbons (Fsp3) is 1.00. The summed E-state index contributed by atoms with van der Waals surface area (Å²) in [6, 6.07) is 0.412. The average Bonchev–Trinajstić information content (AvgIpc) is 2.23. The van der Waals surface area contributed by atoms with Crippen molar-refractivity contribution in [3.05, 3.63) is 0 Å². The zero-order chi connectivity index (χ0) is 12.9. The van der Waals surface area contributed by atoms with Crippen molar-refractivity contribution in [1.29, 1.82) is 0 Å². The molecular weight excluding hydrogens is 182 g/mol. The molecule has 0 aliphatic rings. The van der Waals surface area contributed by atoms with Crippen LogP contribution < -0.4 is 5.73 Å². The van der Waals surface area contributed by atoms with Crippen molar-refractivity contribution in [3.63, 3.8) is 0 Å². The minimum absolute atomic E-state index is 0.412. The van der Waals surface area contributed by atoms with E-state index in [1.54, 1.807) is 0 Å². The quantitative estimate of drug-likeness (QED) is 0.689. The van der Waals surface area contributed by atoms with Crippen molar-refractivity contribution in [3.8, 4) is 0 Å². The predicted molar refractivity (Wildman–Crippen MR) is 74.3 cm³/mol. The van der Waals surface area contributed by atoms with Crippen molar-refractivity contribution >= 4 is 0 Å². The minimum Gasteiger partial charge on any atom is -0.328 e. The zero-order valence-electron chi connectivity index (χ0n) is 12.5. The van der Waals surface area contributed by atoms with Crippen LogP contribution in [0.3, 0.4) is 0 Å². The SMILES string of the molecule is CC.CC.CCCC(N)CC(C)(C)CC. The third-order valence-electron chi connectivity index (χ3n) is 2.43. The molecule has 15 heavy (non-hydrogen) atoms. The predicted octanol–water partition coefficient (Wildman–Crippen LogP) is 4.99. The number of nitrogens with two attached hydrogens (primary N) is 1. The highest BCUT2D eigenvalue weighted by molar-refractivity contribution is 4.73. The van der Waals surface area contributed by atoms with Crippen LogP contribution in [0, 0.1) is 5.41 Å². The first-order chi connectivity index (χ1) is 7.02. The first-order valence-corrected chi connectivity index (χ1v) is 6.77. The van der Waals surface area contributed by atoms with E-state index in [9.17, 15) is 0 Å². The van der Waals surface area contributed by atoms with Gasteiger partial charge < -0.3 is 5.73 Å². The molecule has 0 aliphatic carbocycles. The van der Waals surface area contributed by atoms with Gasteiger partial charge in [-0.1, -0.05) is 68.2 Å². The molecule has 0 aliphatic heterocycles. The van der Waals surface area contributed by atoms with E-state index in [4.69, 9.17) is 5.73 Å². The van der Waals surface area contributed by atoms with Crippen LogP contribution in [0.25, 0.3) is 0 Å². The Hall–Kier alpha value is -0.0400. The van der Waals surface area contributed by atoms with Crippen LogP contribution in [0.2, 0.25) is 0 Å². The molecule has 0 heterocycles. The lowest BCUT2D eigenvalue weighted by molar-refractivity contribution is 0.286. The summed E-state index contributed by atoms with van der Waals surface area (Å²) in [5, 5.41) is 0. The van der Waals surface area contributed by atoms with E-state index in [2.05, 4.69) is 27.7 Å². The van der Waals surface area contributed by atoms with Gasteiger partial charge >= 0.3 is 0 Å². The Morgan fingerprint density at radius 1 is 1.00 bits per heavy atom. The van der Waals surface area contributed by atoms with Gasteiger partial charge in [-0.05, 0) is 18.3 Å². The Labute approximate surface area is 98.8 Å². The van der Waals surface area contributed by atoms with E-state index >= 15 is 0 Å². The number of hydrogen-bond acceptors (Lipinski definition) is 1. The summed E-state index contributed by atoms with van der Waals surface area (Å²) >= 11 is 0. The second-order valence-corrected chi connectivity index (χ2v) is 4.27. The van der Waals surface area contributed by atoms with Gasteiger partial charge in [0.05, 0.1) is 0 Å². The minimum atomic E-state index is 0.412. The van der Waals surface area contributed by atoms with E-state index in [0.717, 1.165) is 6.42 Å². The molecule has 1 unspecified atom stereocenters. The standard InChI is InChI=1S/C10H23N.2C2H6/c1-5-7-9(11)8-10(3,4)6-2;2*1-2/h9H,5-8,11H2,1-4H3;2*1-2H3. The fourth-order valence-corrected chi connectivity index (χ4v) is 1.33. The molecule has 0 saturated heterocycles. The first-order valence-electron chi connectivity index (χ1n) is 6.77. The highest BCUT2D eigenvalue weighted by Crippen LogP contribution is 2.26. The second-order valence-electron chi connectivity index (χ2n) is 4.27. The van der Waals surface area contributed by atoms with Crippen LogP contribution in [-0.4, -0.2) is 6.04 Å². The Bertz CT molecular complexity index is 97.5. The van der Waals surface area contributed by atoms with E-state index in [0.29, 0.717) is 11.5 Å². The summed E-state index contributed by atoms with van der Waals surface area (Å²) in [5.41, 5.74) is 6.38. The van der Waals surface area contributed by atoms with Crippen LogP contribution in [0.15, 0.2) is 0 Å². The van der Waals surface area contributed by atoms with E-state index in [1.165, 1.54) is 19.3 Å². The zero-order valence-corrected chi connectivity index (χ0v) is 12.5. The Morgan fingerprint density at radius 2 is 1.40 bits per heavy atom. The fourth-order valence-electron chi connectivity index (χ4n) is 1.33. The summed E-state index contributed by atoms with van der Waals surface area (Å²) in [6.07, 6.45) is 4.77. The van der Waals surface area contributed by atoms with Gasteiger partial charge in [0.25, 0.3) is 0 Å².